The molecule has 0 fully saturated rings. The van der Waals surface area contributed by atoms with Crippen LogP contribution in [0.5, 0.6) is 0 Å². The molecule has 1 aliphatic rings. The van der Waals surface area contributed by atoms with Crippen molar-refractivity contribution in [1.82, 2.24) is 10.6 Å². The Morgan fingerprint density at radius 3 is 2.90 bits per heavy atom. The van der Waals surface area contributed by atoms with Crippen molar-refractivity contribution in [2.75, 3.05) is 7.11 Å². The number of ether oxygens (including phenoxy) is 1. The fourth-order valence-corrected chi connectivity index (χ4v) is 2.38. The van der Waals surface area contributed by atoms with Crippen LogP contribution < -0.4 is 10.6 Å². The molecule has 2 rings (SSSR count). The Bertz CT molecular complexity index is 646. The maximum absolute atomic E-state index is 12.0. The zero-order chi connectivity index (χ0) is 14.7. The third kappa shape index (κ3) is 2.63. The monoisotopic (exact) mass is 287 g/mol. The van der Waals surface area contributed by atoms with Gasteiger partial charge in [-0.1, -0.05) is 12.1 Å². The molecule has 2 N–H and O–H groups in total. The highest BCUT2D eigenvalue weighted by Crippen LogP contribution is 2.27. The molecule has 0 saturated carbocycles. The maximum Gasteiger partial charge on any atom is 0.337 e. The van der Waals surface area contributed by atoms with Crippen molar-refractivity contribution in [3.05, 3.63) is 46.7 Å². The van der Waals surface area contributed by atoms with Crippen LogP contribution in [-0.2, 0) is 9.53 Å². The summed E-state index contributed by atoms with van der Waals surface area (Å²) in [4.78, 5) is 12.0. The third-order valence-corrected chi connectivity index (χ3v) is 3.24. The van der Waals surface area contributed by atoms with E-state index in [2.05, 4.69) is 16.7 Å². The van der Waals surface area contributed by atoms with Crippen LogP contribution in [0.25, 0.3) is 0 Å². The van der Waals surface area contributed by atoms with Gasteiger partial charge in [-0.15, -0.1) is 0 Å². The highest BCUT2D eigenvalue weighted by molar-refractivity contribution is 7.80. The van der Waals surface area contributed by atoms with Gasteiger partial charge >= 0.3 is 5.97 Å². The minimum atomic E-state index is -0.433. The number of nitriles is 1. The SMILES string of the molecule is COC(=O)C1=C(C)NC(=S)NC1c1cccc(C#N)c1. The molecule has 1 aromatic rings. The number of carbonyl (C=O) groups is 1. The highest BCUT2D eigenvalue weighted by Gasteiger charge is 2.30. The summed E-state index contributed by atoms with van der Waals surface area (Å²) in [5.74, 6) is -0.433. The van der Waals surface area contributed by atoms with Crippen LogP contribution in [0, 0.1) is 11.3 Å². The summed E-state index contributed by atoms with van der Waals surface area (Å²) in [7, 11) is 1.33. The van der Waals surface area contributed by atoms with Crippen molar-refractivity contribution in [3.63, 3.8) is 0 Å². The lowest BCUT2D eigenvalue weighted by Crippen LogP contribution is -2.45. The summed E-state index contributed by atoms with van der Waals surface area (Å²) in [6, 6.07) is 8.69. The molecule has 0 spiro atoms. The Morgan fingerprint density at radius 1 is 1.50 bits per heavy atom. The second kappa shape index (κ2) is 5.72. The molecule has 0 aliphatic carbocycles. The second-order valence-corrected chi connectivity index (χ2v) is 4.71. The molecule has 0 amide bonds. The zero-order valence-corrected chi connectivity index (χ0v) is 11.9. The minimum Gasteiger partial charge on any atom is -0.466 e. The number of nitrogens with zero attached hydrogens (tertiary/aromatic N) is 1. The van der Waals surface area contributed by atoms with E-state index in [1.54, 1.807) is 25.1 Å². The second-order valence-electron chi connectivity index (χ2n) is 4.30. The van der Waals surface area contributed by atoms with Gasteiger partial charge in [-0.2, -0.15) is 5.26 Å². The lowest BCUT2D eigenvalue weighted by atomic mass is 9.94. The van der Waals surface area contributed by atoms with E-state index in [-0.39, 0.29) is 0 Å². The van der Waals surface area contributed by atoms with Crippen molar-refractivity contribution in [2.45, 2.75) is 13.0 Å². The lowest BCUT2D eigenvalue weighted by Gasteiger charge is -2.29. The predicted molar refractivity (Wildman–Crippen MR) is 77.5 cm³/mol. The summed E-state index contributed by atoms with van der Waals surface area (Å²) in [6.45, 7) is 1.76. The van der Waals surface area contributed by atoms with Crippen LogP contribution in [0.15, 0.2) is 35.5 Å². The minimum absolute atomic E-state index is 0.426. The largest absolute Gasteiger partial charge is 0.466 e. The molecule has 1 unspecified atom stereocenters. The van der Waals surface area contributed by atoms with Crippen molar-refractivity contribution in [2.24, 2.45) is 0 Å². The number of methoxy groups -OCH3 is 1. The molecular weight excluding hydrogens is 274 g/mol. The summed E-state index contributed by atoms with van der Waals surface area (Å²) in [6.07, 6.45) is 0. The molecule has 0 radical (unpaired) electrons. The van der Waals surface area contributed by atoms with Gasteiger partial charge in [0.2, 0.25) is 0 Å². The van der Waals surface area contributed by atoms with E-state index in [1.165, 1.54) is 7.11 Å². The van der Waals surface area contributed by atoms with Gasteiger partial charge in [0.15, 0.2) is 5.11 Å². The van der Waals surface area contributed by atoms with Crippen LogP contribution in [0.4, 0.5) is 0 Å². The lowest BCUT2D eigenvalue weighted by molar-refractivity contribution is -0.136. The van der Waals surface area contributed by atoms with Gasteiger partial charge in [0, 0.05) is 5.70 Å². The van der Waals surface area contributed by atoms with E-state index in [0.29, 0.717) is 21.9 Å². The fourth-order valence-electron chi connectivity index (χ4n) is 2.11. The molecule has 0 saturated heterocycles. The standard InChI is InChI=1S/C14H13N3O2S/c1-8-11(13(18)19-2)12(17-14(20)16-8)10-5-3-4-9(6-10)7-15/h3-6,12H,1-2H3,(H2,16,17,20). The number of rotatable bonds is 2. The quantitative estimate of drug-likeness (QED) is 0.634. The number of thiocarbonyl (C=S) groups is 1. The van der Waals surface area contributed by atoms with Crippen molar-refractivity contribution in [3.8, 4) is 6.07 Å². The average Bonchev–Trinajstić information content (AvgIpc) is 2.45. The third-order valence-electron chi connectivity index (χ3n) is 3.02. The first-order valence-corrected chi connectivity index (χ1v) is 6.34. The number of carbonyl (C=O) groups excluding carboxylic acids is 1. The molecule has 0 bridgehead atoms. The van der Waals surface area contributed by atoms with Crippen LogP contribution >= 0.6 is 12.2 Å². The molecule has 5 nitrogen and oxygen atoms in total. The van der Waals surface area contributed by atoms with Gasteiger partial charge in [-0.3, -0.25) is 0 Å². The normalized spacial score (nSPS) is 17.9. The Labute approximate surface area is 122 Å². The van der Waals surface area contributed by atoms with Crippen LogP contribution in [0.2, 0.25) is 0 Å². The Morgan fingerprint density at radius 2 is 2.25 bits per heavy atom. The molecule has 6 heteroatoms. The van der Waals surface area contributed by atoms with Crippen molar-refractivity contribution in [1.29, 1.82) is 5.26 Å². The van der Waals surface area contributed by atoms with Crippen LogP contribution in [0.3, 0.4) is 0 Å². The van der Waals surface area contributed by atoms with E-state index in [1.807, 2.05) is 6.07 Å². The van der Waals surface area contributed by atoms with Gasteiger partial charge < -0.3 is 15.4 Å². The molecule has 1 aromatic carbocycles. The Kier molecular flexibility index (Phi) is 4.01. The molecule has 20 heavy (non-hydrogen) atoms. The van der Waals surface area contributed by atoms with E-state index in [4.69, 9.17) is 22.2 Å². The molecule has 1 heterocycles. The smallest absolute Gasteiger partial charge is 0.337 e. The maximum atomic E-state index is 12.0. The molecule has 1 atom stereocenters. The number of esters is 1. The molecular formula is C14H13N3O2S. The first kappa shape index (κ1) is 14.0. The van der Waals surface area contributed by atoms with E-state index in [0.717, 1.165) is 5.56 Å². The first-order chi connectivity index (χ1) is 9.56. The molecule has 1 aliphatic heterocycles. The Balaban J connectivity index is 2.51. The topological polar surface area (TPSA) is 74.2 Å². The number of nitrogens with one attached hydrogen (secondary N) is 2. The van der Waals surface area contributed by atoms with Gasteiger partial charge in [0.25, 0.3) is 0 Å². The molecule has 0 aromatic heterocycles. The number of hydrogen-bond acceptors (Lipinski definition) is 4. The summed E-state index contributed by atoms with van der Waals surface area (Å²) >= 11 is 5.12. The van der Waals surface area contributed by atoms with Gasteiger partial charge in [0.1, 0.15) is 0 Å². The van der Waals surface area contributed by atoms with E-state index >= 15 is 0 Å². The van der Waals surface area contributed by atoms with Crippen molar-refractivity contribution >= 4 is 23.3 Å². The van der Waals surface area contributed by atoms with E-state index < -0.39 is 12.0 Å². The Hall–Kier alpha value is -2.39. The van der Waals surface area contributed by atoms with Gasteiger partial charge in [0.05, 0.1) is 30.4 Å². The van der Waals surface area contributed by atoms with Crippen molar-refractivity contribution < 1.29 is 9.53 Å². The fraction of sp³-hybridized carbons (Fsp3) is 0.214. The van der Waals surface area contributed by atoms with Gasteiger partial charge in [-0.25, -0.2) is 4.79 Å². The zero-order valence-electron chi connectivity index (χ0n) is 11.1. The molecule has 102 valence electrons. The van der Waals surface area contributed by atoms with Gasteiger partial charge in [-0.05, 0) is 36.8 Å². The number of hydrogen-bond donors (Lipinski definition) is 2. The highest BCUT2D eigenvalue weighted by atomic mass is 32.1. The van der Waals surface area contributed by atoms with Crippen LogP contribution in [0.1, 0.15) is 24.1 Å². The van der Waals surface area contributed by atoms with Crippen LogP contribution in [-0.4, -0.2) is 18.2 Å². The summed E-state index contributed by atoms with van der Waals surface area (Å²) in [5.41, 5.74) is 2.41. The summed E-state index contributed by atoms with van der Waals surface area (Å²) in [5, 5.41) is 15.3. The first-order valence-electron chi connectivity index (χ1n) is 5.93. The number of benzene rings is 1. The predicted octanol–water partition coefficient (Wildman–Crippen LogP) is 1.52. The average molecular weight is 287 g/mol. The summed E-state index contributed by atoms with van der Waals surface area (Å²) < 4.78 is 4.82. The van der Waals surface area contributed by atoms with E-state index in [9.17, 15) is 4.79 Å². The number of allylic oxidation sites excluding steroid dienone is 1.